The summed E-state index contributed by atoms with van der Waals surface area (Å²) in [5.41, 5.74) is -0.916. The largest absolute Gasteiger partial charge is 0.493 e. The van der Waals surface area contributed by atoms with Gasteiger partial charge in [0, 0.05) is 5.56 Å². The highest BCUT2D eigenvalue weighted by atomic mass is 19.4. The lowest BCUT2D eigenvalue weighted by Gasteiger charge is -2.12. The lowest BCUT2D eigenvalue weighted by molar-refractivity contribution is -0.137. The molecular formula is C16H16F3N3O3. The number of H-pyrrole nitrogens is 1. The summed E-state index contributed by atoms with van der Waals surface area (Å²) in [5.74, 6) is -0.268. The summed E-state index contributed by atoms with van der Waals surface area (Å²) < 4.78 is 49.9. The molecule has 0 saturated heterocycles. The zero-order valence-electron chi connectivity index (χ0n) is 13.4. The van der Waals surface area contributed by atoms with Crippen molar-refractivity contribution in [3.8, 4) is 17.0 Å². The summed E-state index contributed by atoms with van der Waals surface area (Å²) in [6.07, 6.45) is -2.52. The van der Waals surface area contributed by atoms with Crippen LogP contribution in [0.4, 0.5) is 13.2 Å². The normalized spacial score (nSPS) is 14.4. The van der Waals surface area contributed by atoms with Crippen LogP contribution in [0.2, 0.25) is 0 Å². The lowest BCUT2D eigenvalue weighted by Crippen LogP contribution is -2.09. The number of aromatic nitrogens is 3. The Morgan fingerprint density at radius 2 is 2.08 bits per heavy atom. The van der Waals surface area contributed by atoms with Crippen LogP contribution in [0.15, 0.2) is 18.2 Å². The fourth-order valence-electron chi connectivity index (χ4n) is 2.26. The Morgan fingerprint density at radius 1 is 1.32 bits per heavy atom. The first-order valence-corrected chi connectivity index (χ1v) is 7.82. The Labute approximate surface area is 141 Å². The molecule has 0 aliphatic heterocycles. The van der Waals surface area contributed by atoms with Crippen LogP contribution in [-0.2, 0) is 10.9 Å². The van der Waals surface area contributed by atoms with Crippen molar-refractivity contribution in [2.45, 2.75) is 25.9 Å². The zero-order valence-corrected chi connectivity index (χ0v) is 13.4. The third-order valence-corrected chi connectivity index (χ3v) is 3.72. The second-order valence-electron chi connectivity index (χ2n) is 5.75. The Kier molecular flexibility index (Phi) is 4.65. The van der Waals surface area contributed by atoms with Gasteiger partial charge in [0.05, 0.1) is 18.8 Å². The molecule has 0 amide bonds. The number of nitrogens with one attached hydrogen (secondary N) is 1. The molecule has 1 aliphatic rings. The molecule has 0 unspecified atom stereocenters. The number of nitrogens with zero attached hydrogens (tertiary/aromatic N) is 2. The Hall–Kier alpha value is -2.58. The molecule has 1 aliphatic carbocycles. The van der Waals surface area contributed by atoms with Gasteiger partial charge in [-0.3, -0.25) is 5.10 Å². The maximum Gasteiger partial charge on any atom is 0.416 e. The van der Waals surface area contributed by atoms with E-state index in [9.17, 15) is 18.0 Å². The third-order valence-electron chi connectivity index (χ3n) is 3.72. The van der Waals surface area contributed by atoms with E-state index in [1.165, 1.54) is 6.07 Å². The van der Waals surface area contributed by atoms with Crippen molar-refractivity contribution < 1.29 is 27.4 Å². The van der Waals surface area contributed by atoms with E-state index in [1.54, 1.807) is 6.92 Å². The minimum absolute atomic E-state index is 0.0131. The molecule has 25 heavy (non-hydrogen) atoms. The van der Waals surface area contributed by atoms with Crippen LogP contribution in [0.3, 0.4) is 0 Å². The van der Waals surface area contributed by atoms with E-state index in [1.807, 2.05) is 0 Å². The molecule has 2 aromatic rings. The molecule has 0 bridgehead atoms. The van der Waals surface area contributed by atoms with Gasteiger partial charge in [-0.05, 0) is 43.9 Å². The first kappa shape index (κ1) is 17.2. The molecule has 0 radical (unpaired) electrons. The highest BCUT2D eigenvalue weighted by Crippen LogP contribution is 2.37. The molecule has 1 saturated carbocycles. The summed E-state index contributed by atoms with van der Waals surface area (Å²) in [6.45, 7) is 2.11. The number of aromatic amines is 1. The van der Waals surface area contributed by atoms with Gasteiger partial charge in [-0.15, -0.1) is 5.10 Å². The minimum atomic E-state index is -4.55. The number of rotatable bonds is 6. The Balaban J connectivity index is 1.98. The van der Waals surface area contributed by atoms with E-state index >= 15 is 0 Å². The van der Waals surface area contributed by atoms with Gasteiger partial charge < -0.3 is 9.47 Å². The number of carbonyl (C=O) groups is 1. The quantitative estimate of drug-likeness (QED) is 0.803. The zero-order chi connectivity index (χ0) is 18.0. The lowest BCUT2D eigenvalue weighted by atomic mass is 10.1. The van der Waals surface area contributed by atoms with Crippen LogP contribution < -0.4 is 4.74 Å². The van der Waals surface area contributed by atoms with Gasteiger partial charge in [0.25, 0.3) is 0 Å². The number of alkyl halides is 3. The molecule has 1 fully saturated rings. The third kappa shape index (κ3) is 4.09. The van der Waals surface area contributed by atoms with Crippen LogP contribution in [0.1, 0.15) is 35.8 Å². The van der Waals surface area contributed by atoms with Gasteiger partial charge in [-0.1, -0.05) is 5.21 Å². The van der Waals surface area contributed by atoms with Gasteiger partial charge in [-0.2, -0.15) is 13.2 Å². The van der Waals surface area contributed by atoms with Gasteiger partial charge in [0.1, 0.15) is 11.4 Å². The fraction of sp³-hybridized carbons (Fsp3) is 0.438. The van der Waals surface area contributed by atoms with Gasteiger partial charge in [-0.25, -0.2) is 4.79 Å². The van der Waals surface area contributed by atoms with E-state index in [4.69, 9.17) is 9.47 Å². The van der Waals surface area contributed by atoms with Crippen molar-refractivity contribution in [3.63, 3.8) is 0 Å². The number of esters is 1. The summed E-state index contributed by atoms with van der Waals surface area (Å²) >= 11 is 0. The second-order valence-corrected chi connectivity index (χ2v) is 5.75. The maximum absolute atomic E-state index is 13.2. The van der Waals surface area contributed by atoms with Gasteiger partial charge >= 0.3 is 12.1 Å². The van der Waals surface area contributed by atoms with E-state index in [0.29, 0.717) is 12.5 Å². The minimum Gasteiger partial charge on any atom is -0.493 e. The highest BCUT2D eigenvalue weighted by molar-refractivity contribution is 5.94. The van der Waals surface area contributed by atoms with Crippen molar-refractivity contribution in [2.24, 2.45) is 5.92 Å². The predicted octanol–water partition coefficient (Wildman–Crippen LogP) is 3.46. The Morgan fingerprint density at radius 3 is 2.72 bits per heavy atom. The molecule has 0 spiro atoms. The number of hydrogen-bond donors (Lipinski definition) is 1. The summed E-state index contributed by atoms with van der Waals surface area (Å²) in [5, 5.41) is 9.61. The van der Waals surface area contributed by atoms with Crippen LogP contribution in [0.5, 0.6) is 5.75 Å². The molecule has 134 valence electrons. The molecular weight excluding hydrogens is 339 g/mol. The number of halogens is 3. The van der Waals surface area contributed by atoms with Gasteiger partial charge in [0.15, 0.2) is 5.69 Å². The summed E-state index contributed by atoms with van der Waals surface area (Å²) in [7, 11) is 0. The average molecular weight is 355 g/mol. The standard InChI is InChI=1S/C16H16F3N3O3/c1-2-24-15(23)14-13(20-22-21-14)10-5-11(16(17,18)19)7-12(6-10)25-8-9-3-4-9/h5-7,9H,2-4,8H2,1H3,(H,20,21,22). The van der Waals surface area contributed by atoms with E-state index in [-0.39, 0.29) is 29.3 Å². The monoisotopic (exact) mass is 355 g/mol. The second kappa shape index (κ2) is 6.73. The Bertz CT molecular complexity index is 769. The summed E-state index contributed by atoms with van der Waals surface area (Å²) in [4.78, 5) is 11.9. The predicted molar refractivity (Wildman–Crippen MR) is 81.0 cm³/mol. The van der Waals surface area contributed by atoms with Crippen LogP contribution >= 0.6 is 0 Å². The average Bonchev–Trinajstić information content (AvgIpc) is 3.26. The van der Waals surface area contributed by atoms with Crippen molar-refractivity contribution >= 4 is 5.97 Å². The molecule has 3 rings (SSSR count). The molecule has 1 heterocycles. The first-order chi connectivity index (χ1) is 11.9. The van der Waals surface area contributed by atoms with Crippen LogP contribution in [0.25, 0.3) is 11.3 Å². The number of ether oxygens (including phenoxy) is 2. The van der Waals surface area contributed by atoms with Crippen molar-refractivity contribution in [3.05, 3.63) is 29.5 Å². The van der Waals surface area contributed by atoms with Crippen molar-refractivity contribution in [1.29, 1.82) is 0 Å². The van der Waals surface area contributed by atoms with Gasteiger partial charge in [0.2, 0.25) is 0 Å². The van der Waals surface area contributed by atoms with E-state index in [2.05, 4.69) is 15.4 Å². The van der Waals surface area contributed by atoms with E-state index in [0.717, 1.165) is 25.0 Å². The van der Waals surface area contributed by atoms with Crippen LogP contribution in [-0.4, -0.2) is 34.6 Å². The van der Waals surface area contributed by atoms with Crippen molar-refractivity contribution in [1.82, 2.24) is 15.4 Å². The van der Waals surface area contributed by atoms with Crippen LogP contribution in [0, 0.1) is 5.92 Å². The first-order valence-electron chi connectivity index (χ1n) is 7.82. The fourth-order valence-corrected chi connectivity index (χ4v) is 2.26. The molecule has 1 N–H and O–H groups in total. The molecule has 1 aromatic carbocycles. The number of hydrogen-bond acceptors (Lipinski definition) is 5. The highest BCUT2D eigenvalue weighted by Gasteiger charge is 2.33. The van der Waals surface area contributed by atoms with Crippen molar-refractivity contribution in [2.75, 3.05) is 13.2 Å². The molecule has 0 atom stereocenters. The number of carbonyl (C=O) groups excluding carboxylic acids is 1. The smallest absolute Gasteiger partial charge is 0.416 e. The molecule has 1 aromatic heterocycles. The van der Waals surface area contributed by atoms with E-state index < -0.39 is 17.7 Å². The maximum atomic E-state index is 13.2. The molecule has 9 heteroatoms. The summed E-state index contributed by atoms with van der Waals surface area (Å²) in [6, 6.07) is 3.26. The SMILES string of the molecule is CCOC(=O)c1[nH]nnc1-c1cc(OCC2CC2)cc(C(F)(F)F)c1. The topological polar surface area (TPSA) is 77.1 Å². The number of benzene rings is 1. The molecule has 6 nitrogen and oxygen atoms in total.